The first-order chi connectivity index (χ1) is 10.2. The summed E-state index contributed by atoms with van der Waals surface area (Å²) in [5, 5.41) is 4.25. The first kappa shape index (κ1) is 17.6. The number of pyridine rings is 1. The number of rotatable bonds is 5. The summed E-state index contributed by atoms with van der Waals surface area (Å²) in [7, 11) is -1.73. The van der Waals surface area contributed by atoms with Crippen LogP contribution in [0.15, 0.2) is 28.3 Å². The fourth-order valence-electron chi connectivity index (χ4n) is 1.53. The van der Waals surface area contributed by atoms with Crippen molar-refractivity contribution in [2.45, 2.75) is 45.5 Å². The fourth-order valence-corrected chi connectivity index (χ4v) is 3.61. The van der Waals surface area contributed by atoms with Crippen molar-refractivity contribution in [3.05, 3.63) is 33.9 Å². The Bertz CT molecular complexity index is 640. The molecule has 0 atom stereocenters. The van der Waals surface area contributed by atoms with Crippen LogP contribution in [-0.4, -0.2) is 18.3 Å². The van der Waals surface area contributed by atoms with Crippen molar-refractivity contribution in [1.82, 2.24) is 9.97 Å². The first-order valence-corrected chi connectivity index (χ1v) is 11.7. The Morgan fingerprint density at radius 1 is 1.32 bits per heavy atom. The molecule has 0 saturated heterocycles. The molecular formula is C15H22BrN3OSSi. The third-order valence-electron chi connectivity index (χ3n) is 3.94. The predicted molar refractivity (Wildman–Crippen MR) is 99.3 cm³/mol. The Labute approximate surface area is 145 Å². The zero-order valence-corrected chi connectivity index (χ0v) is 17.0. The quantitative estimate of drug-likeness (QED) is 0.667. The van der Waals surface area contributed by atoms with Crippen LogP contribution in [0, 0.1) is 0 Å². The molecular weight excluding hydrogens is 378 g/mol. The standard InChI is InChI=1S/C15H22BrN3OSSi/c1-15(2,3)22(4,5)20-10-11-6-7-17-13(8-11)19-14-18-9-12(16)21-14/h6-9H,10H2,1-5H3,(H,17,18,19). The van der Waals surface area contributed by atoms with Gasteiger partial charge in [-0.1, -0.05) is 32.1 Å². The van der Waals surface area contributed by atoms with E-state index in [2.05, 4.69) is 65.1 Å². The molecule has 0 saturated carbocycles. The second-order valence-electron chi connectivity index (χ2n) is 6.69. The lowest BCUT2D eigenvalue weighted by Crippen LogP contribution is -2.40. The number of aromatic nitrogens is 2. The molecule has 4 nitrogen and oxygen atoms in total. The van der Waals surface area contributed by atoms with Gasteiger partial charge in [0.25, 0.3) is 0 Å². The van der Waals surface area contributed by atoms with E-state index in [0.717, 1.165) is 20.3 Å². The lowest BCUT2D eigenvalue weighted by molar-refractivity contribution is 0.276. The van der Waals surface area contributed by atoms with Crippen molar-refractivity contribution in [3.8, 4) is 0 Å². The number of thiazole rings is 1. The summed E-state index contributed by atoms with van der Waals surface area (Å²) in [4.78, 5) is 8.59. The van der Waals surface area contributed by atoms with Crippen LogP contribution in [0.25, 0.3) is 0 Å². The van der Waals surface area contributed by atoms with E-state index in [0.29, 0.717) is 6.61 Å². The summed E-state index contributed by atoms with van der Waals surface area (Å²) in [5.41, 5.74) is 1.12. The predicted octanol–water partition coefficient (Wildman–Crippen LogP) is 5.57. The summed E-state index contributed by atoms with van der Waals surface area (Å²) in [5.74, 6) is 0.790. The highest BCUT2D eigenvalue weighted by molar-refractivity contribution is 9.11. The highest BCUT2D eigenvalue weighted by Gasteiger charge is 2.36. The van der Waals surface area contributed by atoms with E-state index in [4.69, 9.17) is 4.43 Å². The average Bonchev–Trinajstić information content (AvgIpc) is 2.81. The maximum Gasteiger partial charge on any atom is 0.192 e. The summed E-state index contributed by atoms with van der Waals surface area (Å²) in [6.07, 6.45) is 3.58. The topological polar surface area (TPSA) is 47.0 Å². The van der Waals surface area contributed by atoms with Crippen molar-refractivity contribution in [3.63, 3.8) is 0 Å². The Hall–Kier alpha value is -0.763. The maximum absolute atomic E-state index is 6.25. The molecule has 22 heavy (non-hydrogen) atoms. The maximum atomic E-state index is 6.25. The second kappa shape index (κ2) is 6.78. The van der Waals surface area contributed by atoms with E-state index in [1.165, 1.54) is 11.3 Å². The van der Waals surface area contributed by atoms with Crippen molar-refractivity contribution in [1.29, 1.82) is 0 Å². The van der Waals surface area contributed by atoms with Gasteiger partial charge >= 0.3 is 0 Å². The van der Waals surface area contributed by atoms with Crippen LogP contribution in [0.5, 0.6) is 0 Å². The fraction of sp³-hybridized carbons (Fsp3) is 0.467. The van der Waals surface area contributed by atoms with Crippen LogP contribution in [0.1, 0.15) is 26.3 Å². The number of nitrogens with zero attached hydrogens (tertiary/aromatic N) is 2. The van der Waals surface area contributed by atoms with E-state index >= 15 is 0 Å². The molecule has 0 aromatic carbocycles. The molecule has 0 aliphatic rings. The van der Waals surface area contributed by atoms with Crippen molar-refractivity contribution in [2.75, 3.05) is 5.32 Å². The number of nitrogens with one attached hydrogen (secondary N) is 1. The third kappa shape index (κ3) is 4.61. The van der Waals surface area contributed by atoms with Gasteiger partial charge in [0.2, 0.25) is 0 Å². The van der Waals surface area contributed by atoms with Crippen molar-refractivity contribution in [2.24, 2.45) is 0 Å². The van der Waals surface area contributed by atoms with Crippen LogP contribution >= 0.6 is 27.3 Å². The van der Waals surface area contributed by atoms with Crippen LogP contribution < -0.4 is 5.32 Å². The Kier molecular flexibility index (Phi) is 5.42. The van der Waals surface area contributed by atoms with E-state index in [9.17, 15) is 0 Å². The van der Waals surface area contributed by atoms with Crippen LogP contribution in [0.4, 0.5) is 10.9 Å². The van der Waals surface area contributed by atoms with Gasteiger partial charge in [-0.3, -0.25) is 0 Å². The van der Waals surface area contributed by atoms with Gasteiger partial charge in [0.15, 0.2) is 13.4 Å². The molecule has 0 unspecified atom stereocenters. The molecule has 2 aromatic heterocycles. The molecule has 0 radical (unpaired) electrons. The van der Waals surface area contributed by atoms with Gasteiger partial charge < -0.3 is 9.74 Å². The largest absolute Gasteiger partial charge is 0.413 e. The molecule has 0 bridgehead atoms. The van der Waals surface area contributed by atoms with Gasteiger partial charge in [-0.2, -0.15) is 0 Å². The summed E-state index contributed by atoms with van der Waals surface area (Å²) in [6, 6.07) is 4.01. The summed E-state index contributed by atoms with van der Waals surface area (Å²) in [6.45, 7) is 11.9. The van der Waals surface area contributed by atoms with E-state index in [-0.39, 0.29) is 5.04 Å². The Balaban J connectivity index is 2.03. The minimum Gasteiger partial charge on any atom is -0.413 e. The summed E-state index contributed by atoms with van der Waals surface area (Å²) < 4.78 is 7.25. The van der Waals surface area contributed by atoms with E-state index in [1.54, 1.807) is 12.4 Å². The Morgan fingerprint density at radius 3 is 2.64 bits per heavy atom. The van der Waals surface area contributed by atoms with Crippen LogP contribution in [0.3, 0.4) is 0 Å². The van der Waals surface area contributed by atoms with Crippen LogP contribution in [0.2, 0.25) is 18.1 Å². The highest BCUT2D eigenvalue weighted by atomic mass is 79.9. The second-order valence-corrected chi connectivity index (χ2v) is 13.9. The zero-order chi connectivity index (χ0) is 16.4. The van der Waals surface area contributed by atoms with Gasteiger partial charge in [0, 0.05) is 6.20 Å². The van der Waals surface area contributed by atoms with E-state index in [1.807, 2.05) is 12.1 Å². The molecule has 0 aliphatic heterocycles. The molecule has 7 heteroatoms. The normalized spacial score (nSPS) is 12.5. The molecule has 2 aromatic rings. The zero-order valence-electron chi connectivity index (χ0n) is 13.6. The monoisotopic (exact) mass is 399 g/mol. The molecule has 120 valence electrons. The lowest BCUT2D eigenvalue weighted by atomic mass is 10.2. The molecule has 0 aliphatic carbocycles. The van der Waals surface area contributed by atoms with Gasteiger partial charge in [-0.25, -0.2) is 9.97 Å². The van der Waals surface area contributed by atoms with Gasteiger partial charge in [-0.05, 0) is 51.8 Å². The lowest BCUT2D eigenvalue weighted by Gasteiger charge is -2.36. The molecule has 1 N–H and O–H groups in total. The number of hydrogen-bond donors (Lipinski definition) is 1. The SMILES string of the molecule is CC(C)(C)[Si](C)(C)OCc1ccnc(Nc2ncc(Br)s2)c1. The highest BCUT2D eigenvalue weighted by Crippen LogP contribution is 2.37. The summed E-state index contributed by atoms with van der Waals surface area (Å²) >= 11 is 4.94. The van der Waals surface area contributed by atoms with Crippen molar-refractivity contribution < 1.29 is 4.43 Å². The molecule has 0 amide bonds. The minimum atomic E-state index is -1.73. The number of anilines is 2. The smallest absolute Gasteiger partial charge is 0.192 e. The first-order valence-electron chi connectivity index (χ1n) is 7.15. The average molecular weight is 400 g/mol. The molecule has 0 fully saturated rings. The van der Waals surface area contributed by atoms with Crippen molar-refractivity contribution >= 4 is 46.5 Å². The van der Waals surface area contributed by atoms with Crippen LogP contribution in [-0.2, 0) is 11.0 Å². The van der Waals surface area contributed by atoms with Gasteiger partial charge in [0.1, 0.15) is 5.82 Å². The molecule has 2 heterocycles. The van der Waals surface area contributed by atoms with Gasteiger partial charge in [0.05, 0.1) is 16.6 Å². The number of halogens is 1. The molecule has 2 rings (SSSR count). The third-order valence-corrected chi connectivity index (χ3v) is 9.81. The van der Waals surface area contributed by atoms with E-state index < -0.39 is 8.32 Å². The minimum absolute atomic E-state index is 0.217. The molecule has 0 spiro atoms. The Morgan fingerprint density at radius 2 is 2.05 bits per heavy atom. The van der Waals surface area contributed by atoms with Gasteiger partial charge in [-0.15, -0.1) is 0 Å². The number of hydrogen-bond acceptors (Lipinski definition) is 5.